The van der Waals surface area contributed by atoms with Gasteiger partial charge in [0.1, 0.15) is 23.7 Å². The van der Waals surface area contributed by atoms with Gasteiger partial charge in [0, 0.05) is 11.3 Å². The van der Waals surface area contributed by atoms with Crippen molar-refractivity contribution in [2.45, 2.75) is 33.4 Å². The number of urea groups is 1. The number of benzene rings is 2. The molecule has 1 aliphatic rings. The van der Waals surface area contributed by atoms with Gasteiger partial charge >= 0.3 is 18.0 Å². The summed E-state index contributed by atoms with van der Waals surface area (Å²) in [6, 6.07) is 10.9. The molecule has 1 aliphatic heterocycles. The van der Waals surface area contributed by atoms with Gasteiger partial charge in [-0.1, -0.05) is 18.2 Å². The van der Waals surface area contributed by atoms with E-state index in [0.717, 1.165) is 0 Å². The van der Waals surface area contributed by atoms with Crippen LogP contribution in [0.15, 0.2) is 53.7 Å². The van der Waals surface area contributed by atoms with Crippen LogP contribution in [0.5, 0.6) is 11.5 Å². The van der Waals surface area contributed by atoms with Gasteiger partial charge in [0.2, 0.25) is 0 Å². The van der Waals surface area contributed by atoms with Gasteiger partial charge in [0.15, 0.2) is 0 Å². The van der Waals surface area contributed by atoms with E-state index in [4.69, 9.17) is 18.9 Å². The first-order valence-corrected chi connectivity index (χ1v) is 10.9. The lowest BCUT2D eigenvalue weighted by atomic mass is 9.94. The highest BCUT2D eigenvalue weighted by Crippen LogP contribution is 2.32. The van der Waals surface area contributed by atoms with Crippen LogP contribution in [0.25, 0.3) is 0 Å². The minimum atomic E-state index is -0.718. The van der Waals surface area contributed by atoms with Gasteiger partial charge in [-0.05, 0) is 50.6 Å². The molecule has 0 bridgehead atoms. The summed E-state index contributed by atoms with van der Waals surface area (Å²) < 4.78 is 21.7. The Morgan fingerprint density at radius 1 is 0.971 bits per heavy atom. The molecule has 0 unspecified atom stereocenters. The predicted molar refractivity (Wildman–Crippen MR) is 123 cm³/mol. The van der Waals surface area contributed by atoms with Crippen LogP contribution in [0, 0.1) is 0 Å². The Kier molecular flexibility index (Phi) is 8.13. The summed E-state index contributed by atoms with van der Waals surface area (Å²) in [5.41, 5.74) is 2.35. The molecule has 34 heavy (non-hydrogen) atoms. The molecule has 2 aromatic rings. The van der Waals surface area contributed by atoms with E-state index in [1.165, 1.54) is 7.11 Å². The molecule has 9 heteroatoms. The normalized spacial score (nSPS) is 15.2. The van der Waals surface area contributed by atoms with Crippen LogP contribution in [0.4, 0.5) is 4.79 Å². The number of carbonyl (C=O) groups is 3. The number of hydrogen-bond acceptors (Lipinski definition) is 7. The Balaban J connectivity index is 1.92. The lowest BCUT2D eigenvalue weighted by molar-refractivity contribution is -0.139. The van der Waals surface area contributed by atoms with Gasteiger partial charge < -0.3 is 29.6 Å². The molecule has 0 aromatic heterocycles. The number of esters is 2. The van der Waals surface area contributed by atoms with Crippen molar-refractivity contribution in [2.24, 2.45) is 0 Å². The molecule has 1 heterocycles. The van der Waals surface area contributed by atoms with Crippen molar-refractivity contribution in [3.8, 4) is 11.5 Å². The second kappa shape index (κ2) is 11.2. The van der Waals surface area contributed by atoms with Gasteiger partial charge in [-0.2, -0.15) is 0 Å². The van der Waals surface area contributed by atoms with Crippen LogP contribution < -0.4 is 20.1 Å². The highest BCUT2D eigenvalue weighted by Gasteiger charge is 2.32. The van der Waals surface area contributed by atoms with Crippen molar-refractivity contribution < 1.29 is 33.3 Å². The fourth-order valence-electron chi connectivity index (χ4n) is 3.64. The van der Waals surface area contributed by atoms with Crippen molar-refractivity contribution in [1.29, 1.82) is 0 Å². The molecule has 180 valence electrons. The van der Waals surface area contributed by atoms with Gasteiger partial charge in [-0.15, -0.1) is 0 Å². The number of para-hydroxylation sites is 1. The summed E-state index contributed by atoms with van der Waals surface area (Å²) in [6.07, 6.45) is 0. The molecule has 1 atom stereocenters. The Morgan fingerprint density at radius 2 is 1.68 bits per heavy atom. The van der Waals surface area contributed by atoms with Crippen LogP contribution >= 0.6 is 0 Å². The molecular weight excluding hydrogens is 440 g/mol. The lowest BCUT2D eigenvalue weighted by Crippen LogP contribution is -2.45. The number of nitrogens with one attached hydrogen (secondary N) is 2. The standard InChI is InChI=1S/C25H28N2O7/c1-5-32-23(28)18-9-7-8-10-20(18)34-14-17-13-16(11-12-19(17)31-4)22-21(24(29)33-6-2)15(3)26-25(30)27-22/h7-13,22H,5-6,14H2,1-4H3,(H2,26,27,30)/t22-/m0/s1. The van der Waals surface area contributed by atoms with E-state index in [9.17, 15) is 14.4 Å². The highest BCUT2D eigenvalue weighted by atomic mass is 16.5. The fraction of sp³-hybridized carbons (Fsp3) is 0.320. The summed E-state index contributed by atoms with van der Waals surface area (Å²) >= 11 is 0. The number of rotatable bonds is 9. The summed E-state index contributed by atoms with van der Waals surface area (Å²) in [4.78, 5) is 37.0. The Labute approximate surface area is 198 Å². The molecule has 0 radical (unpaired) electrons. The maximum absolute atomic E-state index is 12.6. The summed E-state index contributed by atoms with van der Waals surface area (Å²) in [6.45, 7) is 5.63. The first-order valence-electron chi connectivity index (χ1n) is 10.9. The van der Waals surface area contributed by atoms with E-state index >= 15 is 0 Å². The van der Waals surface area contributed by atoms with Crippen LogP contribution in [0.3, 0.4) is 0 Å². The average Bonchev–Trinajstić information content (AvgIpc) is 2.82. The second-order valence-corrected chi connectivity index (χ2v) is 7.37. The van der Waals surface area contributed by atoms with E-state index in [1.54, 1.807) is 63.2 Å². The van der Waals surface area contributed by atoms with Crippen LogP contribution in [-0.2, 0) is 20.9 Å². The second-order valence-electron chi connectivity index (χ2n) is 7.37. The van der Waals surface area contributed by atoms with Gasteiger partial charge in [-0.25, -0.2) is 14.4 Å². The molecule has 2 N–H and O–H groups in total. The summed E-state index contributed by atoms with van der Waals surface area (Å²) in [5.74, 6) is -0.0760. The Bertz CT molecular complexity index is 1110. The molecule has 0 spiro atoms. The molecule has 3 rings (SSSR count). The zero-order valence-corrected chi connectivity index (χ0v) is 19.6. The first kappa shape index (κ1) is 24.6. The number of amides is 2. The third-order valence-corrected chi connectivity index (χ3v) is 5.17. The van der Waals surface area contributed by atoms with Crippen LogP contribution in [-0.4, -0.2) is 38.3 Å². The SMILES string of the molecule is CCOC(=O)C1=C(C)NC(=O)N[C@H]1c1ccc(OC)c(COc2ccccc2C(=O)OCC)c1. The van der Waals surface area contributed by atoms with Crippen molar-refractivity contribution in [3.05, 3.63) is 70.4 Å². The lowest BCUT2D eigenvalue weighted by Gasteiger charge is -2.28. The largest absolute Gasteiger partial charge is 0.496 e. The Hall–Kier alpha value is -4.01. The molecule has 0 saturated carbocycles. The zero-order chi connectivity index (χ0) is 24.7. The smallest absolute Gasteiger partial charge is 0.341 e. The first-order chi connectivity index (χ1) is 16.4. The molecule has 2 aromatic carbocycles. The summed E-state index contributed by atoms with van der Waals surface area (Å²) in [5, 5.41) is 5.39. The van der Waals surface area contributed by atoms with Gasteiger partial charge in [-0.3, -0.25) is 0 Å². The Morgan fingerprint density at radius 3 is 2.38 bits per heavy atom. The third-order valence-electron chi connectivity index (χ3n) is 5.17. The topological polar surface area (TPSA) is 112 Å². The van der Waals surface area contributed by atoms with Gasteiger partial charge in [0.25, 0.3) is 0 Å². The molecule has 0 fully saturated rings. The maximum atomic E-state index is 12.6. The quantitative estimate of drug-likeness (QED) is 0.540. The molecule has 9 nitrogen and oxygen atoms in total. The van der Waals surface area contributed by atoms with Crippen molar-refractivity contribution in [3.63, 3.8) is 0 Å². The van der Waals surface area contributed by atoms with E-state index in [2.05, 4.69) is 10.6 Å². The fourth-order valence-corrected chi connectivity index (χ4v) is 3.64. The number of carbonyl (C=O) groups excluding carboxylic acids is 3. The van der Waals surface area contributed by atoms with Crippen molar-refractivity contribution >= 4 is 18.0 Å². The highest BCUT2D eigenvalue weighted by molar-refractivity contribution is 5.95. The molecule has 0 aliphatic carbocycles. The zero-order valence-electron chi connectivity index (χ0n) is 19.6. The van der Waals surface area contributed by atoms with E-state index in [0.29, 0.717) is 39.5 Å². The number of allylic oxidation sites excluding steroid dienone is 1. The monoisotopic (exact) mass is 468 g/mol. The van der Waals surface area contributed by atoms with E-state index in [-0.39, 0.29) is 19.8 Å². The maximum Gasteiger partial charge on any atom is 0.341 e. The number of methoxy groups -OCH3 is 1. The van der Waals surface area contributed by atoms with E-state index < -0.39 is 24.0 Å². The average molecular weight is 469 g/mol. The minimum absolute atomic E-state index is 0.0732. The van der Waals surface area contributed by atoms with Crippen LogP contribution in [0.1, 0.15) is 48.3 Å². The molecular formula is C25H28N2O7. The number of ether oxygens (including phenoxy) is 4. The predicted octanol–water partition coefficient (Wildman–Crippen LogP) is 3.64. The number of hydrogen-bond donors (Lipinski definition) is 2. The van der Waals surface area contributed by atoms with Crippen molar-refractivity contribution in [2.75, 3.05) is 20.3 Å². The molecule has 2 amide bonds. The van der Waals surface area contributed by atoms with Crippen molar-refractivity contribution in [1.82, 2.24) is 10.6 Å². The van der Waals surface area contributed by atoms with Gasteiger partial charge in [0.05, 0.1) is 31.9 Å². The van der Waals surface area contributed by atoms with Crippen LogP contribution in [0.2, 0.25) is 0 Å². The van der Waals surface area contributed by atoms with E-state index in [1.807, 2.05) is 0 Å². The summed E-state index contributed by atoms with van der Waals surface area (Å²) in [7, 11) is 1.53. The third kappa shape index (κ3) is 5.48. The molecule has 0 saturated heterocycles. The minimum Gasteiger partial charge on any atom is -0.496 e.